The largest absolute Gasteiger partial charge is 0.495 e. The van der Waals surface area contributed by atoms with Crippen molar-refractivity contribution < 1.29 is 4.74 Å². The third-order valence-corrected chi connectivity index (χ3v) is 1.79. The van der Waals surface area contributed by atoms with Crippen LogP contribution in [0.5, 0.6) is 5.75 Å². The zero-order chi connectivity index (χ0) is 8.97. The van der Waals surface area contributed by atoms with Gasteiger partial charge in [0, 0.05) is 5.56 Å². The van der Waals surface area contributed by atoms with Crippen molar-refractivity contribution in [2.24, 2.45) is 0 Å². The quantitative estimate of drug-likeness (QED) is 0.640. The second kappa shape index (κ2) is 3.99. The molecule has 12 heavy (non-hydrogen) atoms. The summed E-state index contributed by atoms with van der Waals surface area (Å²) in [4.78, 5) is 3.26. The van der Waals surface area contributed by atoms with Crippen molar-refractivity contribution in [3.05, 3.63) is 40.2 Å². The van der Waals surface area contributed by atoms with Gasteiger partial charge < -0.3 is 9.58 Å². The molecule has 0 heterocycles. The third-order valence-electron chi connectivity index (χ3n) is 1.48. The van der Waals surface area contributed by atoms with E-state index >= 15 is 0 Å². The number of rotatable bonds is 2. The number of hydrogen-bond donors (Lipinski definition) is 0. The fraction of sp³-hybridized carbons (Fsp3) is 0.222. The van der Waals surface area contributed by atoms with Gasteiger partial charge in [0.05, 0.1) is 12.1 Å². The van der Waals surface area contributed by atoms with E-state index in [4.69, 9.17) is 22.9 Å². The number of methoxy groups -OCH3 is 1. The van der Waals surface area contributed by atoms with Gasteiger partial charge in [0.2, 0.25) is 6.54 Å². The Labute approximate surface area is 76.5 Å². The standard InChI is InChI=1S/C9H8ClNO/c1-11-6-7-3-4-8(10)9(5-7)12-2/h3-5H,6H2,2H3. The molecular formula is C9H8ClNO. The Bertz CT molecular complexity index is 317. The number of nitrogens with zero attached hydrogens (tertiary/aromatic N) is 1. The minimum atomic E-state index is 0.369. The summed E-state index contributed by atoms with van der Waals surface area (Å²) in [5.74, 6) is 0.623. The van der Waals surface area contributed by atoms with Crippen LogP contribution in [0.1, 0.15) is 5.56 Å². The third kappa shape index (κ3) is 1.90. The van der Waals surface area contributed by atoms with Crippen molar-refractivity contribution in [1.29, 1.82) is 0 Å². The molecule has 0 radical (unpaired) electrons. The number of hydrogen-bond acceptors (Lipinski definition) is 1. The summed E-state index contributed by atoms with van der Waals surface area (Å²) in [6.07, 6.45) is 0. The maximum atomic E-state index is 6.67. The van der Waals surface area contributed by atoms with E-state index in [9.17, 15) is 0 Å². The molecule has 0 fully saturated rings. The monoisotopic (exact) mass is 181 g/mol. The molecule has 0 unspecified atom stereocenters. The summed E-state index contributed by atoms with van der Waals surface area (Å²) in [6.45, 7) is 7.04. The van der Waals surface area contributed by atoms with Crippen molar-refractivity contribution in [3.63, 3.8) is 0 Å². The molecule has 0 spiro atoms. The highest BCUT2D eigenvalue weighted by Crippen LogP contribution is 2.25. The Balaban J connectivity index is 2.98. The van der Waals surface area contributed by atoms with E-state index in [1.54, 1.807) is 19.2 Å². The highest BCUT2D eigenvalue weighted by Gasteiger charge is 2.02. The highest BCUT2D eigenvalue weighted by molar-refractivity contribution is 6.32. The van der Waals surface area contributed by atoms with Crippen molar-refractivity contribution >= 4 is 11.6 Å². The first kappa shape index (κ1) is 8.89. The molecule has 0 aliphatic rings. The van der Waals surface area contributed by atoms with Gasteiger partial charge in [0.1, 0.15) is 5.75 Å². The van der Waals surface area contributed by atoms with Gasteiger partial charge in [-0.2, -0.15) is 0 Å². The molecule has 3 heteroatoms. The molecule has 0 aliphatic carbocycles. The van der Waals surface area contributed by atoms with Gasteiger partial charge in [0.15, 0.2) is 0 Å². The van der Waals surface area contributed by atoms with Crippen molar-refractivity contribution in [2.45, 2.75) is 6.54 Å². The lowest BCUT2D eigenvalue weighted by Gasteiger charge is -2.02. The van der Waals surface area contributed by atoms with Crippen LogP contribution in [0.15, 0.2) is 18.2 Å². The molecule has 0 saturated carbocycles. The van der Waals surface area contributed by atoms with E-state index in [0.29, 0.717) is 17.3 Å². The first-order valence-corrected chi connectivity index (χ1v) is 3.81. The van der Waals surface area contributed by atoms with Crippen LogP contribution >= 0.6 is 11.6 Å². The van der Waals surface area contributed by atoms with Gasteiger partial charge in [-0.1, -0.05) is 11.6 Å². The Hall–Kier alpha value is -1.20. The van der Waals surface area contributed by atoms with Crippen LogP contribution in [0, 0.1) is 6.57 Å². The lowest BCUT2D eigenvalue weighted by Crippen LogP contribution is -1.86. The molecule has 0 amide bonds. The van der Waals surface area contributed by atoms with Gasteiger partial charge in [-0.3, -0.25) is 0 Å². The van der Waals surface area contributed by atoms with Crippen molar-refractivity contribution in [1.82, 2.24) is 0 Å². The van der Waals surface area contributed by atoms with Crippen LogP contribution in [0.3, 0.4) is 0 Å². The van der Waals surface area contributed by atoms with Crippen LogP contribution in [0.25, 0.3) is 4.85 Å². The number of benzene rings is 1. The summed E-state index contributed by atoms with van der Waals surface area (Å²) in [5.41, 5.74) is 0.922. The summed E-state index contributed by atoms with van der Waals surface area (Å²) in [6, 6.07) is 5.34. The second-order valence-electron chi connectivity index (χ2n) is 2.29. The van der Waals surface area contributed by atoms with Gasteiger partial charge in [0.25, 0.3) is 0 Å². The lowest BCUT2D eigenvalue weighted by atomic mass is 10.2. The predicted molar refractivity (Wildman–Crippen MR) is 48.3 cm³/mol. The minimum absolute atomic E-state index is 0.369. The fourth-order valence-corrected chi connectivity index (χ4v) is 1.09. The summed E-state index contributed by atoms with van der Waals surface area (Å²) < 4.78 is 5.00. The van der Waals surface area contributed by atoms with E-state index in [2.05, 4.69) is 4.85 Å². The zero-order valence-electron chi connectivity index (χ0n) is 6.67. The SMILES string of the molecule is [C-]#[N+]Cc1ccc(Cl)c(OC)c1. The average molecular weight is 182 g/mol. The summed E-state index contributed by atoms with van der Waals surface area (Å²) in [5, 5.41) is 0.575. The molecule has 62 valence electrons. The normalized spacial score (nSPS) is 9.08. The number of ether oxygens (including phenoxy) is 1. The van der Waals surface area contributed by atoms with Crippen LogP contribution in [0.2, 0.25) is 5.02 Å². The molecular weight excluding hydrogens is 174 g/mol. The smallest absolute Gasteiger partial charge is 0.239 e. The van der Waals surface area contributed by atoms with E-state index in [1.807, 2.05) is 6.07 Å². The molecule has 0 N–H and O–H groups in total. The first-order valence-electron chi connectivity index (χ1n) is 3.43. The van der Waals surface area contributed by atoms with Gasteiger partial charge in [-0.05, 0) is 18.2 Å². The molecule has 2 nitrogen and oxygen atoms in total. The summed E-state index contributed by atoms with van der Waals surface area (Å²) in [7, 11) is 1.56. The highest BCUT2D eigenvalue weighted by atomic mass is 35.5. The molecule has 0 aromatic heterocycles. The van der Waals surface area contributed by atoms with E-state index in [1.165, 1.54) is 0 Å². The molecule has 0 aliphatic heterocycles. The van der Waals surface area contributed by atoms with Crippen LogP contribution in [0.4, 0.5) is 0 Å². The molecule has 1 rings (SSSR count). The Morgan fingerprint density at radius 3 is 2.92 bits per heavy atom. The fourth-order valence-electron chi connectivity index (χ4n) is 0.894. The van der Waals surface area contributed by atoms with E-state index in [0.717, 1.165) is 5.56 Å². The molecule has 1 aromatic rings. The summed E-state index contributed by atoms with van der Waals surface area (Å²) >= 11 is 5.79. The molecule has 0 bridgehead atoms. The Kier molecular flexibility index (Phi) is 2.95. The zero-order valence-corrected chi connectivity index (χ0v) is 7.43. The van der Waals surface area contributed by atoms with E-state index in [-0.39, 0.29) is 0 Å². The Morgan fingerprint density at radius 2 is 2.33 bits per heavy atom. The predicted octanol–water partition coefficient (Wildman–Crippen LogP) is 2.77. The van der Waals surface area contributed by atoms with Gasteiger partial charge in [-0.15, -0.1) is 0 Å². The number of halogens is 1. The Morgan fingerprint density at radius 1 is 1.58 bits per heavy atom. The lowest BCUT2D eigenvalue weighted by molar-refractivity contribution is 0.414. The minimum Gasteiger partial charge on any atom is -0.495 e. The molecule has 1 aromatic carbocycles. The molecule has 0 saturated heterocycles. The van der Waals surface area contributed by atoms with Crippen LogP contribution < -0.4 is 4.74 Å². The van der Waals surface area contributed by atoms with Crippen LogP contribution in [-0.2, 0) is 6.54 Å². The van der Waals surface area contributed by atoms with Crippen molar-refractivity contribution in [2.75, 3.05) is 7.11 Å². The van der Waals surface area contributed by atoms with E-state index < -0.39 is 0 Å². The van der Waals surface area contributed by atoms with Gasteiger partial charge in [-0.25, -0.2) is 6.57 Å². The second-order valence-corrected chi connectivity index (χ2v) is 2.69. The maximum absolute atomic E-state index is 6.67. The van der Waals surface area contributed by atoms with Crippen LogP contribution in [-0.4, -0.2) is 7.11 Å². The first-order chi connectivity index (χ1) is 5.77. The average Bonchev–Trinajstić information content (AvgIpc) is 2.09. The molecule has 0 atom stereocenters. The maximum Gasteiger partial charge on any atom is 0.239 e. The van der Waals surface area contributed by atoms with Gasteiger partial charge >= 0.3 is 0 Å². The van der Waals surface area contributed by atoms with Crippen molar-refractivity contribution in [3.8, 4) is 5.75 Å². The topological polar surface area (TPSA) is 13.6 Å².